The van der Waals surface area contributed by atoms with Crippen LogP contribution in [0.25, 0.3) is 0 Å². The largest absolute Gasteiger partial charge is 0.449 e. The van der Waals surface area contributed by atoms with Gasteiger partial charge in [0.05, 0.1) is 13.7 Å². The first-order valence-corrected chi connectivity index (χ1v) is 6.30. The molecule has 1 heterocycles. The summed E-state index contributed by atoms with van der Waals surface area (Å²) in [4.78, 5) is 32.1. The molecule has 0 aliphatic rings. The highest BCUT2D eigenvalue weighted by atomic mass is 16.7. The molecular weight excluding hydrogens is 262 g/mol. The third-order valence-corrected chi connectivity index (χ3v) is 2.53. The Morgan fingerprint density at radius 2 is 2.20 bits per heavy atom. The molecule has 0 aliphatic heterocycles. The predicted octanol–water partition coefficient (Wildman–Crippen LogP) is 2.06. The Balaban J connectivity index is 2.64. The van der Waals surface area contributed by atoms with Crippen LogP contribution in [-0.4, -0.2) is 42.8 Å². The molecule has 1 N–H and O–H groups in total. The van der Waals surface area contributed by atoms with E-state index >= 15 is 0 Å². The Kier molecular flexibility index (Phi) is 6.45. The van der Waals surface area contributed by atoms with Crippen LogP contribution in [0, 0.1) is 0 Å². The average Bonchev–Trinajstić information content (AvgIpc) is 2.46. The molecule has 0 aromatic carbocycles. The van der Waals surface area contributed by atoms with Crippen LogP contribution in [-0.2, 0) is 9.57 Å². The van der Waals surface area contributed by atoms with E-state index in [1.165, 1.54) is 32.5 Å². The van der Waals surface area contributed by atoms with Crippen molar-refractivity contribution in [2.45, 2.75) is 19.8 Å². The summed E-state index contributed by atoms with van der Waals surface area (Å²) >= 11 is 0. The van der Waals surface area contributed by atoms with Crippen molar-refractivity contribution in [3.63, 3.8) is 0 Å². The van der Waals surface area contributed by atoms with Gasteiger partial charge in [-0.05, 0) is 18.6 Å². The van der Waals surface area contributed by atoms with Gasteiger partial charge in [0.1, 0.15) is 5.82 Å². The van der Waals surface area contributed by atoms with Gasteiger partial charge in [-0.2, -0.15) is 0 Å². The molecule has 0 radical (unpaired) electrons. The third kappa shape index (κ3) is 4.85. The molecule has 0 aliphatic carbocycles. The van der Waals surface area contributed by atoms with Crippen LogP contribution >= 0.6 is 0 Å². The summed E-state index contributed by atoms with van der Waals surface area (Å²) in [6, 6.07) is 2.99. The number of amides is 2. The van der Waals surface area contributed by atoms with Gasteiger partial charge in [-0.25, -0.2) is 14.8 Å². The number of hydrogen-bond acceptors (Lipinski definition) is 5. The van der Waals surface area contributed by atoms with Gasteiger partial charge >= 0.3 is 6.09 Å². The van der Waals surface area contributed by atoms with Gasteiger partial charge in [0.2, 0.25) is 0 Å². The van der Waals surface area contributed by atoms with Crippen LogP contribution in [0.2, 0.25) is 0 Å². The zero-order valence-corrected chi connectivity index (χ0v) is 11.9. The summed E-state index contributed by atoms with van der Waals surface area (Å²) < 4.78 is 4.95. The Bertz CT molecular complexity index is 465. The molecule has 0 spiro atoms. The van der Waals surface area contributed by atoms with Crippen LogP contribution in [0.1, 0.15) is 30.1 Å². The second-order valence-corrected chi connectivity index (χ2v) is 4.03. The number of hydroxylamine groups is 2. The van der Waals surface area contributed by atoms with E-state index in [-0.39, 0.29) is 11.7 Å². The maximum atomic E-state index is 11.9. The molecule has 2 amide bonds. The number of aromatic nitrogens is 1. The molecule has 1 rings (SSSR count). The van der Waals surface area contributed by atoms with Crippen LogP contribution in [0.3, 0.4) is 0 Å². The lowest BCUT2D eigenvalue weighted by molar-refractivity contribution is -0.0757. The summed E-state index contributed by atoms with van der Waals surface area (Å²) in [5, 5.41) is 3.55. The first-order chi connectivity index (χ1) is 9.58. The number of anilines is 1. The van der Waals surface area contributed by atoms with E-state index in [9.17, 15) is 9.59 Å². The summed E-state index contributed by atoms with van der Waals surface area (Å²) in [6.45, 7) is 2.36. The van der Waals surface area contributed by atoms with Crippen molar-refractivity contribution in [1.82, 2.24) is 10.0 Å². The van der Waals surface area contributed by atoms with Crippen LogP contribution in [0.5, 0.6) is 0 Å². The Morgan fingerprint density at radius 3 is 2.85 bits per heavy atom. The number of pyridine rings is 1. The van der Waals surface area contributed by atoms with Crippen molar-refractivity contribution in [1.29, 1.82) is 0 Å². The van der Waals surface area contributed by atoms with Crippen LogP contribution in [0.15, 0.2) is 18.3 Å². The maximum absolute atomic E-state index is 11.9. The Hall–Kier alpha value is -2.15. The third-order valence-electron chi connectivity index (χ3n) is 2.53. The minimum absolute atomic E-state index is 0.252. The van der Waals surface area contributed by atoms with E-state index in [0.717, 1.165) is 17.9 Å². The molecule has 1 aromatic heterocycles. The van der Waals surface area contributed by atoms with Gasteiger partial charge in [-0.15, -0.1) is 0 Å². The fourth-order valence-electron chi connectivity index (χ4n) is 1.35. The first-order valence-electron chi connectivity index (χ1n) is 6.30. The van der Waals surface area contributed by atoms with Crippen LogP contribution in [0.4, 0.5) is 10.6 Å². The maximum Gasteiger partial charge on any atom is 0.412 e. The van der Waals surface area contributed by atoms with E-state index in [1.807, 2.05) is 6.92 Å². The lowest BCUT2D eigenvalue weighted by atomic mass is 10.2. The second-order valence-electron chi connectivity index (χ2n) is 4.03. The monoisotopic (exact) mass is 281 g/mol. The molecule has 7 heteroatoms. The van der Waals surface area contributed by atoms with Crippen molar-refractivity contribution < 1.29 is 19.2 Å². The molecule has 7 nitrogen and oxygen atoms in total. The van der Waals surface area contributed by atoms with Crippen molar-refractivity contribution in [3.05, 3.63) is 23.9 Å². The van der Waals surface area contributed by atoms with Crippen molar-refractivity contribution in [2.75, 3.05) is 26.1 Å². The fourth-order valence-corrected chi connectivity index (χ4v) is 1.35. The molecule has 0 unspecified atom stereocenters. The van der Waals surface area contributed by atoms with E-state index < -0.39 is 6.09 Å². The van der Waals surface area contributed by atoms with Gasteiger partial charge in [-0.1, -0.05) is 13.3 Å². The molecule has 20 heavy (non-hydrogen) atoms. The molecule has 0 fully saturated rings. The predicted molar refractivity (Wildman–Crippen MR) is 73.2 cm³/mol. The van der Waals surface area contributed by atoms with Crippen molar-refractivity contribution >= 4 is 17.8 Å². The molecular formula is C13H19N3O4. The number of hydrogen-bond donors (Lipinski definition) is 1. The van der Waals surface area contributed by atoms with E-state index in [1.54, 1.807) is 0 Å². The van der Waals surface area contributed by atoms with Gasteiger partial charge in [0.15, 0.2) is 0 Å². The molecule has 110 valence electrons. The minimum Gasteiger partial charge on any atom is -0.449 e. The molecule has 0 bridgehead atoms. The number of carbonyl (C=O) groups is 2. The first kappa shape index (κ1) is 15.9. The summed E-state index contributed by atoms with van der Waals surface area (Å²) in [5.41, 5.74) is 0.355. The number of nitrogens with zero attached hydrogens (tertiary/aromatic N) is 2. The molecule has 0 saturated heterocycles. The summed E-state index contributed by atoms with van der Waals surface area (Å²) in [5.74, 6) is -0.0841. The summed E-state index contributed by atoms with van der Waals surface area (Å²) in [6.07, 6.45) is 2.59. The minimum atomic E-state index is -0.587. The van der Waals surface area contributed by atoms with Crippen LogP contribution < -0.4 is 5.32 Å². The van der Waals surface area contributed by atoms with Gasteiger partial charge in [0.25, 0.3) is 5.91 Å². The molecule has 0 atom stereocenters. The number of carbonyl (C=O) groups excluding carboxylic acids is 2. The average molecular weight is 281 g/mol. The highest BCUT2D eigenvalue weighted by molar-refractivity contribution is 5.94. The quantitative estimate of drug-likeness (QED) is 0.637. The lowest BCUT2D eigenvalue weighted by Crippen LogP contribution is -2.25. The molecule has 1 aromatic rings. The van der Waals surface area contributed by atoms with Gasteiger partial charge < -0.3 is 4.74 Å². The molecule has 0 saturated carbocycles. The zero-order valence-electron chi connectivity index (χ0n) is 11.9. The Labute approximate surface area is 117 Å². The second kappa shape index (κ2) is 8.11. The fraction of sp³-hybridized carbons (Fsp3) is 0.462. The van der Waals surface area contributed by atoms with Crippen molar-refractivity contribution in [3.8, 4) is 0 Å². The standard InChI is InChI=1S/C13H19N3O4/c1-4-5-8-20-13(18)15-11-9-10(6-7-14-11)12(17)16(2)19-3/h6-7,9H,4-5,8H2,1-3H3,(H,14,15,18). The summed E-state index contributed by atoms with van der Waals surface area (Å²) in [7, 11) is 2.89. The van der Waals surface area contributed by atoms with E-state index in [4.69, 9.17) is 9.57 Å². The van der Waals surface area contributed by atoms with Crippen molar-refractivity contribution in [2.24, 2.45) is 0 Å². The number of rotatable bonds is 6. The topological polar surface area (TPSA) is 80.8 Å². The highest BCUT2D eigenvalue weighted by Gasteiger charge is 2.13. The van der Waals surface area contributed by atoms with E-state index in [2.05, 4.69) is 10.3 Å². The zero-order chi connectivity index (χ0) is 15.0. The normalized spacial score (nSPS) is 9.95. The lowest BCUT2D eigenvalue weighted by Gasteiger charge is -2.13. The smallest absolute Gasteiger partial charge is 0.412 e. The SMILES string of the molecule is CCCCOC(=O)Nc1cc(C(=O)N(C)OC)ccn1. The number of ether oxygens (including phenoxy) is 1. The van der Waals surface area contributed by atoms with Gasteiger partial charge in [-0.3, -0.25) is 14.9 Å². The number of unbranched alkanes of at least 4 members (excludes halogenated alkanes) is 1. The van der Waals surface area contributed by atoms with E-state index in [0.29, 0.717) is 12.2 Å². The number of nitrogens with one attached hydrogen (secondary N) is 1. The Morgan fingerprint density at radius 1 is 1.45 bits per heavy atom. The van der Waals surface area contributed by atoms with Gasteiger partial charge in [0, 0.05) is 18.8 Å². The highest BCUT2D eigenvalue weighted by Crippen LogP contribution is 2.09.